The molecule has 6 nitrogen and oxygen atoms in total. The highest BCUT2D eigenvalue weighted by molar-refractivity contribution is 5.40. The summed E-state index contributed by atoms with van der Waals surface area (Å²) in [6.07, 6.45) is 3.05. The zero-order chi connectivity index (χ0) is 17.7. The van der Waals surface area contributed by atoms with E-state index < -0.39 is 6.10 Å². The fraction of sp³-hybridized carbons (Fsp3) is 0.400. The number of pyridine rings is 1. The van der Waals surface area contributed by atoms with Crippen molar-refractivity contribution in [2.75, 3.05) is 19.7 Å². The van der Waals surface area contributed by atoms with Gasteiger partial charge in [-0.3, -0.25) is 4.90 Å². The number of aliphatic hydroxyl groups excluding tert-OH is 2. The molecule has 2 aromatic heterocycles. The van der Waals surface area contributed by atoms with Crippen molar-refractivity contribution in [2.24, 2.45) is 11.3 Å². The Bertz CT molecular complexity index is 928. The van der Waals surface area contributed by atoms with Crippen LogP contribution in [-0.4, -0.2) is 55.5 Å². The zero-order valence-corrected chi connectivity index (χ0v) is 14.4. The van der Waals surface area contributed by atoms with E-state index in [4.69, 9.17) is 0 Å². The van der Waals surface area contributed by atoms with Crippen molar-refractivity contribution in [3.8, 4) is 0 Å². The van der Waals surface area contributed by atoms with Gasteiger partial charge in [0.1, 0.15) is 6.33 Å². The number of nitrogens with zero attached hydrogens (tertiary/aromatic N) is 4. The molecule has 1 aliphatic heterocycles. The number of rotatable bonds is 4. The maximum atomic E-state index is 10.9. The Morgan fingerprint density at radius 1 is 1.19 bits per heavy atom. The van der Waals surface area contributed by atoms with Crippen LogP contribution in [0.5, 0.6) is 0 Å². The number of aliphatic hydroxyl groups is 2. The first-order valence-corrected chi connectivity index (χ1v) is 9.07. The predicted molar refractivity (Wildman–Crippen MR) is 96.5 cm³/mol. The molecule has 3 aromatic rings. The van der Waals surface area contributed by atoms with Gasteiger partial charge in [-0.25, -0.2) is 9.50 Å². The maximum absolute atomic E-state index is 10.9. The average molecular weight is 350 g/mol. The van der Waals surface area contributed by atoms with Gasteiger partial charge in [0.25, 0.3) is 0 Å². The van der Waals surface area contributed by atoms with E-state index in [-0.39, 0.29) is 23.9 Å². The van der Waals surface area contributed by atoms with E-state index >= 15 is 0 Å². The Labute approximate surface area is 151 Å². The first-order valence-electron chi connectivity index (χ1n) is 9.07. The van der Waals surface area contributed by atoms with Gasteiger partial charge in [0.15, 0.2) is 5.65 Å². The topological polar surface area (TPSA) is 73.9 Å². The molecule has 6 heteroatoms. The van der Waals surface area contributed by atoms with Crippen LogP contribution in [-0.2, 0) is 6.54 Å². The second-order valence-corrected chi connectivity index (χ2v) is 7.57. The lowest BCUT2D eigenvalue weighted by atomic mass is 9.95. The molecule has 2 aliphatic rings. The number of aromatic nitrogens is 3. The Kier molecular flexibility index (Phi) is 3.60. The van der Waals surface area contributed by atoms with Crippen molar-refractivity contribution in [3.63, 3.8) is 0 Å². The van der Waals surface area contributed by atoms with Gasteiger partial charge in [0.2, 0.25) is 0 Å². The Hall–Kier alpha value is -2.28. The first kappa shape index (κ1) is 15.9. The molecule has 0 unspecified atom stereocenters. The van der Waals surface area contributed by atoms with Crippen LogP contribution in [0.3, 0.4) is 0 Å². The molecule has 2 fully saturated rings. The highest BCUT2D eigenvalue weighted by atomic mass is 16.3. The lowest BCUT2D eigenvalue weighted by Crippen LogP contribution is -2.23. The highest BCUT2D eigenvalue weighted by Gasteiger charge is 2.70. The molecule has 1 aliphatic carbocycles. The number of benzene rings is 1. The standard InChI is InChI=1S/C20H22N4O2/c25-11-16-19(15-4-2-1-3-5-15)20(16)12-23(10-17(20)26)9-14-6-7-24-18(8-14)21-13-22-24/h1-8,13,16-17,19,25-26H,9-12H2/t16-,17-,19-,20-/m1/s1. The van der Waals surface area contributed by atoms with Gasteiger partial charge in [-0.1, -0.05) is 30.3 Å². The van der Waals surface area contributed by atoms with Crippen molar-refractivity contribution in [1.29, 1.82) is 0 Å². The van der Waals surface area contributed by atoms with Crippen LogP contribution in [0.4, 0.5) is 0 Å². The quantitative estimate of drug-likeness (QED) is 0.742. The van der Waals surface area contributed by atoms with Crippen LogP contribution >= 0.6 is 0 Å². The van der Waals surface area contributed by atoms with Crippen molar-refractivity contribution >= 4 is 5.65 Å². The second kappa shape index (κ2) is 5.87. The van der Waals surface area contributed by atoms with Crippen molar-refractivity contribution in [3.05, 3.63) is 66.1 Å². The summed E-state index contributed by atoms with van der Waals surface area (Å²) >= 11 is 0. The third kappa shape index (κ3) is 2.30. The van der Waals surface area contributed by atoms with Gasteiger partial charge >= 0.3 is 0 Å². The molecule has 0 bridgehead atoms. The smallest absolute Gasteiger partial charge is 0.155 e. The van der Waals surface area contributed by atoms with E-state index in [1.165, 1.54) is 5.56 Å². The molecule has 5 rings (SSSR count). The van der Waals surface area contributed by atoms with Crippen LogP contribution in [0.1, 0.15) is 17.0 Å². The average Bonchev–Trinajstić information content (AvgIpc) is 2.91. The van der Waals surface area contributed by atoms with Crippen molar-refractivity contribution < 1.29 is 10.2 Å². The minimum Gasteiger partial charge on any atom is -0.396 e. The lowest BCUT2D eigenvalue weighted by molar-refractivity contribution is 0.111. The molecular formula is C20H22N4O2. The molecule has 1 saturated heterocycles. The summed E-state index contributed by atoms with van der Waals surface area (Å²) in [5, 5.41) is 24.9. The first-order chi connectivity index (χ1) is 12.7. The largest absolute Gasteiger partial charge is 0.396 e. The number of likely N-dealkylation sites (tertiary alicyclic amines) is 1. The molecule has 1 spiro atoms. The summed E-state index contributed by atoms with van der Waals surface area (Å²) in [5.41, 5.74) is 2.98. The molecule has 0 radical (unpaired) electrons. The zero-order valence-electron chi connectivity index (χ0n) is 14.4. The minimum atomic E-state index is -0.415. The minimum absolute atomic E-state index is 0.121. The molecule has 2 N–H and O–H groups in total. The lowest BCUT2D eigenvalue weighted by Gasteiger charge is -2.16. The highest BCUT2D eigenvalue weighted by Crippen LogP contribution is 2.68. The maximum Gasteiger partial charge on any atom is 0.155 e. The van der Waals surface area contributed by atoms with Gasteiger partial charge in [0, 0.05) is 37.9 Å². The van der Waals surface area contributed by atoms with Gasteiger partial charge in [-0.2, -0.15) is 5.10 Å². The molecule has 4 atom stereocenters. The van der Waals surface area contributed by atoms with Gasteiger partial charge in [-0.15, -0.1) is 0 Å². The SMILES string of the molecule is OC[C@@H]1[C@@H](c2ccccc2)[C@]12CN(Cc1ccn3ncnc3c1)C[C@H]2O. The fourth-order valence-electron chi connectivity index (χ4n) is 5.00. The van der Waals surface area contributed by atoms with E-state index in [1.807, 2.05) is 36.5 Å². The number of hydrogen-bond acceptors (Lipinski definition) is 5. The summed E-state index contributed by atoms with van der Waals surface area (Å²) in [6.45, 7) is 2.33. The fourth-order valence-corrected chi connectivity index (χ4v) is 5.00. The molecule has 26 heavy (non-hydrogen) atoms. The number of β-amino-alcohol motifs (C(OH)–C–C–N with tert-alkyl or cyclic N) is 1. The monoisotopic (exact) mass is 350 g/mol. The van der Waals surface area contributed by atoms with Crippen LogP contribution in [0, 0.1) is 11.3 Å². The van der Waals surface area contributed by atoms with Crippen molar-refractivity contribution in [1.82, 2.24) is 19.5 Å². The third-order valence-electron chi connectivity index (χ3n) is 6.22. The van der Waals surface area contributed by atoms with Crippen molar-refractivity contribution in [2.45, 2.75) is 18.6 Å². The van der Waals surface area contributed by atoms with Crippen LogP contribution in [0.2, 0.25) is 0 Å². The van der Waals surface area contributed by atoms with E-state index in [1.54, 1.807) is 10.8 Å². The predicted octanol–water partition coefficient (Wildman–Crippen LogP) is 1.30. The molecular weight excluding hydrogens is 328 g/mol. The van der Waals surface area contributed by atoms with E-state index in [0.29, 0.717) is 6.54 Å². The Morgan fingerprint density at radius 2 is 2.04 bits per heavy atom. The summed E-state index contributed by atoms with van der Waals surface area (Å²) in [5.74, 6) is 0.358. The Morgan fingerprint density at radius 3 is 2.85 bits per heavy atom. The molecule has 3 heterocycles. The van der Waals surface area contributed by atoms with E-state index in [9.17, 15) is 10.2 Å². The van der Waals surface area contributed by atoms with Gasteiger partial charge in [0.05, 0.1) is 6.10 Å². The van der Waals surface area contributed by atoms with Crippen LogP contribution in [0.15, 0.2) is 55.0 Å². The second-order valence-electron chi connectivity index (χ2n) is 7.57. The third-order valence-corrected chi connectivity index (χ3v) is 6.22. The molecule has 0 amide bonds. The molecule has 134 valence electrons. The summed E-state index contributed by atoms with van der Waals surface area (Å²) in [7, 11) is 0. The van der Waals surface area contributed by atoms with Gasteiger partial charge < -0.3 is 10.2 Å². The van der Waals surface area contributed by atoms with E-state index in [0.717, 1.165) is 24.3 Å². The number of hydrogen-bond donors (Lipinski definition) is 2. The Balaban J connectivity index is 1.37. The summed E-state index contributed by atoms with van der Waals surface area (Å²) in [4.78, 5) is 6.53. The van der Waals surface area contributed by atoms with Gasteiger partial charge in [-0.05, 0) is 35.1 Å². The molecule has 1 saturated carbocycles. The molecule has 1 aromatic carbocycles. The van der Waals surface area contributed by atoms with Crippen LogP contribution in [0.25, 0.3) is 5.65 Å². The normalized spacial score (nSPS) is 31.1. The van der Waals surface area contributed by atoms with Crippen LogP contribution < -0.4 is 0 Å². The number of fused-ring (bicyclic) bond motifs is 1. The summed E-state index contributed by atoms with van der Waals surface area (Å²) < 4.78 is 1.75. The van der Waals surface area contributed by atoms with E-state index in [2.05, 4.69) is 27.1 Å². The summed E-state index contributed by atoms with van der Waals surface area (Å²) in [6, 6.07) is 14.4.